The van der Waals surface area contributed by atoms with Crippen molar-refractivity contribution < 1.29 is 0 Å². The van der Waals surface area contributed by atoms with Gasteiger partial charge in [-0.1, -0.05) is 41.9 Å². The summed E-state index contributed by atoms with van der Waals surface area (Å²) in [4.78, 5) is 4.79. The Kier molecular flexibility index (Phi) is 4.32. The third-order valence-electron chi connectivity index (χ3n) is 3.56. The van der Waals surface area contributed by atoms with Crippen molar-refractivity contribution >= 4 is 34.9 Å². The van der Waals surface area contributed by atoms with Crippen LogP contribution in [0.15, 0.2) is 48.5 Å². The number of para-hydroxylation sites is 1. The molecule has 0 aliphatic rings. The van der Waals surface area contributed by atoms with Gasteiger partial charge in [0.2, 0.25) is 0 Å². The van der Waals surface area contributed by atoms with Crippen molar-refractivity contribution in [2.24, 2.45) is 0 Å². The highest BCUT2D eigenvalue weighted by atomic mass is 35.5. The molecule has 0 unspecified atom stereocenters. The molecule has 3 aromatic rings. The van der Waals surface area contributed by atoms with E-state index < -0.39 is 0 Å². The molecule has 0 aliphatic carbocycles. The van der Waals surface area contributed by atoms with E-state index in [4.69, 9.17) is 16.6 Å². The molecule has 0 aliphatic heterocycles. The minimum atomic E-state index is 0. The fourth-order valence-electron chi connectivity index (χ4n) is 2.39. The van der Waals surface area contributed by atoms with Crippen LogP contribution >= 0.6 is 24.0 Å². The molecule has 3 heteroatoms. The van der Waals surface area contributed by atoms with E-state index in [-0.39, 0.29) is 12.4 Å². The van der Waals surface area contributed by atoms with Crippen LogP contribution in [-0.2, 0) is 0 Å². The van der Waals surface area contributed by atoms with E-state index in [0.717, 1.165) is 21.8 Å². The molecule has 0 fully saturated rings. The quantitative estimate of drug-likeness (QED) is 0.570. The van der Waals surface area contributed by atoms with E-state index in [1.807, 2.05) is 24.3 Å². The first-order valence-corrected chi connectivity index (χ1v) is 6.66. The van der Waals surface area contributed by atoms with Crippen LogP contribution in [-0.4, -0.2) is 4.98 Å². The first-order chi connectivity index (χ1) is 9.16. The van der Waals surface area contributed by atoms with Gasteiger partial charge < -0.3 is 0 Å². The molecule has 0 N–H and O–H groups in total. The topological polar surface area (TPSA) is 12.9 Å². The van der Waals surface area contributed by atoms with Crippen molar-refractivity contribution in [3.63, 3.8) is 0 Å². The molecule has 1 nitrogen and oxygen atoms in total. The highest BCUT2D eigenvalue weighted by Gasteiger charge is 2.10. The zero-order valence-corrected chi connectivity index (χ0v) is 12.9. The second kappa shape index (κ2) is 5.82. The fraction of sp³-hybridized carbons (Fsp3) is 0.118. The van der Waals surface area contributed by atoms with Crippen LogP contribution in [0.25, 0.3) is 22.2 Å². The van der Waals surface area contributed by atoms with Crippen LogP contribution in [0.3, 0.4) is 0 Å². The van der Waals surface area contributed by atoms with Crippen molar-refractivity contribution in [2.45, 2.75) is 13.8 Å². The van der Waals surface area contributed by atoms with Gasteiger partial charge in [-0.05, 0) is 43.2 Å². The van der Waals surface area contributed by atoms with E-state index in [1.54, 1.807) is 0 Å². The normalized spacial score (nSPS) is 10.3. The van der Waals surface area contributed by atoms with Crippen LogP contribution in [0.2, 0.25) is 5.02 Å². The van der Waals surface area contributed by atoms with Gasteiger partial charge in [-0.25, -0.2) is 4.98 Å². The summed E-state index contributed by atoms with van der Waals surface area (Å²) in [6.07, 6.45) is 0. The second-order valence-electron chi connectivity index (χ2n) is 4.74. The molecular weight excluding hydrogens is 289 g/mol. The Morgan fingerprint density at radius 3 is 2.40 bits per heavy atom. The largest absolute Gasteiger partial charge is 0.247 e. The van der Waals surface area contributed by atoms with Gasteiger partial charge in [-0.3, -0.25) is 0 Å². The SMILES string of the molecule is Cc1c(-c2cccc(Cl)c2)nc2ccccc2c1C.Cl. The summed E-state index contributed by atoms with van der Waals surface area (Å²) in [6.45, 7) is 4.26. The van der Waals surface area contributed by atoms with Crippen LogP contribution in [0.4, 0.5) is 0 Å². The van der Waals surface area contributed by atoms with Gasteiger partial charge in [-0.15, -0.1) is 12.4 Å². The lowest BCUT2D eigenvalue weighted by atomic mass is 9.99. The van der Waals surface area contributed by atoms with Gasteiger partial charge in [-0.2, -0.15) is 0 Å². The Hall–Kier alpha value is -1.57. The number of benzene rings is 2. The highest BCUT2D eigenvalue weighted by molar-refractivity contribution is 6.30. The predicted octanol–water partition coefficient (Wildman–Crippen LogP) is 5.59. The summed E-state index contributed by atoms with van der Waals surface area (Å²) in [5.41, 5.74) is 5.60. The minimum Gasteiger partial charge on any atom is -0.247 e. The standard InChI is InChI=1S/C17H14ClN.ClH/c1-11-12(2)17(13-6-5-7-14(18)10-13)19-16-9-4-3-8-15(11)16;/h3-10H,1-2H3;1H. The fourth-order valence-corrected chi connectivity index (χ4v) is 2.58. The Morgan fingerprint density at radius 2 is 1.65 bits per heavy atom. The van der Waals surface area contributed by atoms with Crippen molar-refractivity contribution in [3.8, 4) is 11.3 Å². The Balaban J connectivity index is 0.00000147. The van der Waals surface area contributed by atoms with Gasteiger partial charge in [0, 0.05) is 16.0 Å². The maximum Gasteiger partial charge on any atom is 0.0742 e. The Labute approximate surface area is 130 Å². The van der Waals surface area contributed by atoms with Crippen molar-refractivity contribution in [2.75, 3.05) is 0 Å². The molecule has 20 heavy (non-hydrogen) atoms. The lowest BCUT2D eigenvalue weighted by Gasteiger charge is -2.11. The molecule has 1 heterocycles. The minimum absolute atomic E-state index is 0. The molecule has 0 amide bonds. The Morgan fingerprint density at radius 1 is 0.900 bits per heavy atom. The van der Waals surface area contributed by atoms with Crippen LogP contribution in [0.5, 0.6) is 0 Å². The van der Waals surface area contributed by atoms with E-state index in [2.05, 4.69) is 38.1 Å². The summed E-state index contributed by atoms with van der Waals surface area (Å²) in [7, 11) is 0. The molecule has 0 saturated carbocycles. The third-order valence-corrected chi connectivity index (χ3v) is 3.79. The summed E-state index contributed by atoms with van der Waals surface area (Å²) in [5.74, 6) is 0. The number of nitrogens with zero attached hydrogens (tertiary/aromatic N) is 1. The maximum absolute atomic E-state index is 6.08. The van der Waals surface area contributed by atoms with Gasteiger partial charge in [0.25, 0.3) is 0 Å². The number of rotatable bonds is 1. The zero-order chi connectivity index (χ0) is 13.4. The molecule has 0 radical (unpaired) electrons. The monoisotopic (exact) mass is 303 g/mol. The first-order valence-electron chi connectivity index (χ1n) is 6.28. The number of hydrogen-bond acceptors (Lipinski definition) is 1. The van der Waals surface area contributed by atoms with Gasteiger partial charge >= 0.3 is 0 Å². The number of hydrogen-bond donors (Lipinski definition) is 0. The lowest BCUT2D eigenvalue weighted by Crippen LogP contribution is -1.94. The predicted molar refractivity (Wildman–Crippen MR) is 88.9 cm³/mol. The zero-order valence-electron chi connectivity index (χ0n) is 11.4. The molecule has 3 rings (SSSR count). The lowest BCUT2D eigenvalue weighted by molar-refractivity contribution is 1.28. The number of aryl methyl sites for hydroxylation is 1. The number of pyridine rings is 1. The highest BCUT2D eigenvalue weighted by Crippen LogP contribution is 2.29. The molecule has 2 aromatic carbocycles. The number of halogens is 2. The van der Waals surface area contributed by atoms with Crippen molar-refractivity contribution in [1.29, 1.82) is 0 Å². The average molecular weight is 304 g/mol. The van der Waals surface area contributed by atoms with Crippen molar-refractivity contribution in [1.82, 2.24) is 4.98 Å². The van der Waals surface area contributed by atoms with Gasteiger partial charge in [0.15, 0.2) is 0 Å². The first kappa shape index (κ1) is 14.8. The summed E-state index contributed by atoms with van der Waals surface area (Å²) in [6, 6.07) is 16.1. The van der Waals surface area contributed by atoms with Gasteiger partial charge in [0.05, 0.1) is 11.2 Å². The molecule has 0 saturated heterocycles. The van der Waals surface area contributed by atoms with Crippen LogP contribution in [0, 0.1) is 13.8 Å². The van der Waals surface area contributed by atoms with Crippen LogP contribution < -0.4 is 0 Å². The second-order valence-corrected chi connectivity index (χ2v) is 5.17. The maximum atomic E-state index is 6.08. The molecule has 1 aromatic heterocycles. The Bertz CT molecular complexity index is 766. The van der Waals surface area contributed by atoms with Crippen LogP contribution in [0.1, 0.15) is 11.1 Å². The summed E-state index contributed by atoms with van der Waals surface area (Å²) in [5, 5.41) is 1.95. The molecule has 102 valence electrons. The van der Waals surface area contributed by atoms with E-state index in [9.17, 15) is 0 Å². The average Bonchev–Trinajstić information content (AvgIpc) is 2.43. The van der Waals surface area contributed by atoms with E-state index in [1.165, 1.54) is 16.5 Å². The number of fused-ring (bicyclic) bond motifs is 1. The van der Waals surface area contributed by atoms with E-state index >= 15 is 0 Å². The third kappa shape index (κ3) is 2.52. The molecule has 0 bridgehead atoms. The van der Waals surface area contributed by atoms with Crippen molar-refractivity contribution in [3.05, 3.63) is 64.7 Å². The molecular formula is C17H15Cl2N. The van der Waals surface area contributed by atoms with Gasteiger partial charge in [0.1, 0.15) is 0 Å². The van der Waals surface area contributed by atoms with E-state index in [0.29, 0.717) is 0 Å². The summed E-state index contributed by atoms with van der Waals surface area (Å²) >= 11 is 6.08. The summed E-state index contributed by atoms with van der Waals surface area (Å²) < 4.78 is 0. The smallest absolute Gasteiger partial charge is 0.0742 e. The molecule has 0 spiro atoms. The molecule has 0 atom stereocenters. The number of aromatic nitrogens is 1.